The van der Waals surface area contributed by atoms with Gasteiger partial charge in [0.1, 0.15) is 0 Å². The molecule has 1 aliphatic heterocycles. The maximum absolute atomic E-state index is 5.54. The van der Waals surface area contributed by atoms with Crippen LogP contribution in [0.5, 0.6) is 0 Å². The predicted octanol–water partition coefficient (Wildman–Crippen LogP) is 1.23. The van der Waals surface area contributed by atoms with E-state index >= 15 is 0 Å². The molecule has 5 nitrogen and oxygen atoms in total. The van der Waals surface area contributed by atoms with E-state index in [0.29, 0.717) is 0 Å². The molecule has 1 aromatic rings. The number of rotatable bonds is 8. The normalized spacial score (nSPS) is 17.5. The number of nitrogens with zero attached hydrogens (tertiary/aromatic N) is 4. The first-order valence-electron chi connectivity index (χ1n) is 8.39. The molecule has 2 heterocycles. The van der Waals surface area contributed by atoms with Crippen LogP contribution < -0.4 is 5.73 Å². The Morgan fingerprint density at radius 3 is 2.43 bits per heavy atom. The quantitative estimate of drug-likeness (QED) is 0.733. The molecule has 21 heavy (non-hydrogen) atoms. The van der Waals surface area contributed by atoms with E-state index in [9.17, 15) is 0 Å². The van der Waals surface area contributed by atoms with E-state index in [1.165, 1.54) is 63.4 Å². The Kier molecular flexibility index (Phi) is 6.67. The number of nitrogens with two attached hydrogens (primary N) is 1. The molecule has 0 amide bonds. The first-order chi connectivity index (χ1) is 10.2. The second kappa shape index (κ2) is 8.51. The number of piperazine rings is 1. The van der Waals surface area contributed by atoms with Crippen molar-refractivity contribution in [3.8, 4) is 0 Å². The lowest BCUT2D eigenvalue weighted by Gasteiger charge is -2.34. The van der Waals surface area contributed by atoms with Crippen LogP contribution in [0.4, 0.5) is 0 Å². The second-order valence-electron chi connectivity index (χ2n) is 6.07. The molecule has 0 radical (unpaired) electrons. The number of unbranched alkanes of at least 4 members (excludes halogenated alkanes) is 2. The lowest BCUT2D eigenvalue weighted by molar-refractivity contribution is 0.123. The van der Waals surface area contributed by atoms with E-state index in [1.54, 1.807) is 0 Å². The third kappa shape index (κ3) is 5.09. The minimum Gasteiger partial charge on any atom is -0.330 e. The lowest BCUT2D eigenvalue weighted by Crippen LogP contribution is -2.46. The largest absolute Gasteiger partial charge is 0.330 e. The van der Waals surface area contributed by atoms with Crippen molar-refractivity contribution < 1.29 is 0 Å². The van der Waals surface area contributed by atoms with Crippen LogP contribution in [0.15, 0.2) is 6.07 Å². The molecule has 0 aliphatic carbocycles. The van der Waals surface area contributed by atoms with Gasteiger partial charge in [-0.2, -0.15) is 5.10 Å². The fourth-order valence-corrected chi connectivity index (χ4v) is 2.95. The number of hydrogen-bond donors (Lipinski definition) is 1. The van der Waals surface area contributed by atoms with Gasteiger partial charge in [-0.15, -0.1) is 0 Å². The molecule has 0 saturated carbocycles. The minimum absolute atomic E-state index is 0.832. The van der Waals surface area contributed by atoms with Crippen molar-refractivity contribution in [2.24, 2.45) is 12.8 Å². The summed E-state index contributed by atoms with van der Waals surface area (Å²) in [6.45, 7) is 9.99. The second-order valence-corrected chi connectivity index (χ2v) is 6.07. The Labute approximate surface area is 129 Å². The van der Waals surface area contributed by atoms with Crippen molar-refractivity contribution in [2.75, 3.05) is 39.3 Å². The van der Waals surface area contributed by atoms with Crippen LogP contribution in [0.3, 0.4) is 0 Å². The molecule has 0 bridgehead atoms. The van der Waals surface area contributed by atoms with Crippen LogP contribution in [0, 0.1) is 0 Å². The maximum atomic E-state index is 5.54. The smallest absolute Gasteiger partial charge is 0.0625 e. The van der Waals surface area contributed by atoms with Crippen molar-refractivity contribution in [1.29, 1.82) is 0 Å². The van der Waals surface area contributed by atoms with Gasteiger partial charge in [0.05, 0.1) is 11.4 Å². The zero-order valence-electron chi connectivity index (χ0n) is 13.7. The molecule has 1 aromatic heterocycles. The highest BCUT2D eigenvalue weighted by molar-refractivity contribution is 5.10. The number of aryl methyl sites for hydroxylation is 2. The molecule has 2 N–H and O–H groups in total. The SMILES string of the molecule is CCc1cc(CN2CCN(CCCCCN)CC2)n(C)n1. The zero-order chi connectivity index (χ0) is 15.1. The molecule has 0 aromatic carbocycles. The van der Waals surface area contributed by atoms with Gasteiger partial charge in [0, 0.05) is 39.8 Å². The van der Waals surface area contributed by atoms with Gasteiger partial charge >= 0.3 is 0 Å². The Morgan fingerprint density at radius 1 is 1.10 bits per heavy atom. The standard InChI is InChI=1S/C16H31N5/c1-3-15-13-16(19(2)18-15)14-21-11-9-20(10-12-21)8-6-4-5-7-17/h13H,3-12,14,17H2,1-2H3. The molecule has 2 rings (SSSR count). The highest BCUT2D eigenvalue weighted by atomic mass is 15.3. The van der Waals surface area contributed by atoms with Crippen LogP contribution in [0.1, 0.15) is 37.6 Å². The Morgan fingerprint density at radius 2 is 1.81 bits per heavy atom. The first-order valence-corrected chi connectivity index (χ1v) is 8.39. The van der Waals surface area contributed by atoms with Gasteiger partial charge in [0.15, 0.2) is 0 Å². The molecular weight excluding hydrogens is 262 g/mol. The van der Waals surface area contributed by atoms with Gasteiger partial charge in [-0.1, -0.05) is 13.3 Å². The zero-order valence-corrected chi connectivity index (χ0v) is 13.7. The molecule has 0 spiro atoms. The summed E-state index contributed by atoms with van der Waals surface area (Å²) >= 11 is 0. The van der Waals surface area contributed by atoms with Crippen molar-refractivity contribution in [3.05, 3.63) is 17.5 Å². The topological polar surface area (TPSA) is 50.3 Å². The first kappa shape index (κ1) is 16.5. The van der Waals surface area contributed by atoms with Crippen molar-refractivity contribution >= 4 is 0 Å². The Hall–Kier alpha value is -0.910. The fraction of sp³-hybridized carbons (Fsp3) is 0.812. The van der Waals surface area contributed by atoms with Gasteiger partial charge in [-0.05, 0) is 38.4 Å². The van der Waals surface area contributed by atoms with Gasteiger partial charge in [0.25, 0.3) is 0 Å². The monoisotopic (exact) mass is 293 g/mol. The average Bonchev–Trinajstić information content (AvgIpc) is 2.86. The van der Waals surface area contributed by atoms with Gasteiger partial charge in [-0.25, -0.2) is 0 Å². The number of hydrogen-bond acceptors (Lipinski definition) is 4. The summed E-state index contributed by atoms with van der Waals surface area (Å²) in [5, 5.41) is 4.54. The van der Waals surface area contributed by atoms with Gasteiger partial charge < -0.3 is 10.6 Å². The minimum atomic E-state index is 0.832. The van der Waals surface area contributed by atoms with Crippen LogP contribution in [0.25, 0.3) is 0 Å². The summed E-state index contributed by atoms with van der Waals surface area (Å²) < 4.78 is 2.04. The van der Waals surface area contributed by atoms with Crippen molar-refractivity contribution in [1.82, 2.24) is 19.6 Å². The predicted molar refractivity (Wildman–Crippen MR) is 87.2 cm³/mol. The van der Waals surface area contributed by atoms with Crippen LogP contribution >= 0.6 is 0 Å². The summed E-state index contributed by atoms with van der Waals surface area (Å²) in [7, 11) is 2.06. The summed E-state index contributed by atoms with van der Waals surface area (Å²) in [6.07, 6.45) is 4.74. The fourth-order valence-electron chi connectivity index (χ4n) is 2.95. The molecule has 120 valence electrons. The number of aromatic nitrogens is 2. The van der Waals surface area contributed by atoms with Crippen LogP contribution in [-0.2, 0) is 20.0 Å². The molecular formula is C16H31N5. The van der Waals surface area contributed by atoms with Gasteiger partial charge in [-0.3, -0.25) is 9.58 Å². The molecule has 1 aliphatic rings. The third-order valence-electron chi connectivity index (χ3n) is 4.42. The highest BCUT2D eigenvalue weighted by Gasteiger charge is 2.17. The third-order valence-corrected chi connectivity index (χ3v) is 4.42. The van der Waals surface area contributed by atoms with E-state index in [1.807, 2.05) is 4.68 Å². The van der Waals surface area contributed by atoms with Crippen LogP contribution in [0.2, 0.25) is 0 Å². The van der Waals surface area contributed by atoms with Crippen molar-refractivity contribution in [2.45, 2.75) is 39.2 Å². The van der Waals surface area contributed by atoms with Crippen LogP contribution in [-0.4, -0.2) is 58.8 Å². The maximum Gasteiger partial charge on any atom is 0.0625 e. The van der Waals surface area contributed by atoms with E-state index < -0.39 is 0 Å². The van der Waals surface area contributed by atoms with E-state index in [4.69, 9.17) is 5.73 Å². The molecule has 1 fully saturated rings. The summed E-state index contributed by atoms with van der Waals surface area (Å²) in [5.74, 6) is 0. The van der Waals surface area contributed by atoms with Crippen molar-refractivity contribution in [3.63, 3.8) is 0 Å². The van der Waals surface area contributed by atoms with E-state index in [-0.39, 0.29) is 0 Å². The molecule has 1 saturated heterocycles. The molecule has 0 atom stereocenters. The Bertz CT molecular complexity index is 407. The lowest BCUT2D eigenvalue weighted by atomic mass is 10.2. The summed E-state index contributed by atoms with van der Waals surface area (Å²) in [5.41, 5.74) is 8.07. The highest BCUT2D eigenvalue weighted by Crippen LogP contribution is 2.11. The van der Waals surface area contributed by atoms with Gasteiger partial charge in [0.2, 0.25) is 0 Å². The molecule has 5 heteroatoms. The molecule has 0 unspecified atom stereocenters. The Balaban J connectivity index is 1.70. The summed E-state index contributed by atoms with van der Waals surface area (Å²) in [6, 6.07) is 2.25. The van der Waals surface area contributed by atoms with E-state index in [2.05, 4.69) is 34.9 Å². The summed E-state index contributed by atoms with van der Waals surface area (Å²) in [4.78, 5) is 5.14. The average molecular weight is 293 g/mol. The van der Waals surface area contributed by atoms with E-state index in [0.717, 1.165) is 19.5 Å².